The van der Waals surface area contributed by atoms with Crippen molar-refractivity contribution in [1.82, 2.24) is 0 Å². The molecule has 0 rings (SSSR count). The molecule has 0 aliphatic rings. The first-order valence-electron chi connectivity index (χ1n) is 4.00. The van der Waals surface area contributed by atoms with E-state index in [-0.39, 0.29) is 6.29 Å². The zero-order valence-electron chi connectivity index (χ0n) is 7.95. The molecule has 0 aliphatic heterocycles. The van der Waals surface area contributed by atoms with Gasteiger partial charge in [0.05, 0.1) is 0 Å². The van der Waals surface area contributed by atoms with Crippen LogP contribution in [0.5, 0.6) is 0 Å². The maximum absolute atomic E-state index is 9.10. The van der Waals surface area contributed by atoms with Crippen LogP contribution in [0, 0.1) is 0 Å². The second kappa shape index (κ2) is 13.5. The number of rotatable bonds is 5. The highest BCUT2D eigenvalue weighted by Gasteiger charge is 1.94. The van der Waals surface area contributed by atoms with E-state index in [9.17, 15) is 0 Å². The van der Waals surface area contributed by atoms with Crippen molar-refractivity contribution in [3.63, 3.8) is 0 Å². The number of thiol groups is 1. The van der Waals surface area contributed by atoms with Crippen LogP contribution < -0.4 is 0 Å². The lowest BCUT2D eigenvalue weighted by molar-refractivity contribution is -0.123. The van der Waals surface area contributed by atoms with Crippen molar-refractivity contribution in [3.05, 3.63) is 0 Å². The van der Waals surface area contributed by atoms with Gasteiger partial charge in [-0.05, 0) is 20.8 Å². The van der Waals surface area contributed by atoms with Crippen molar-refractivity contribution in [3.8, 4) is 0 Å². The normalized spacial score (nSPS) is 9.08. The molecule has 0 bridgehead atoms. The average Bonchev–Trinajstić information content (AvgIpc) is 2.06. The Morgan fingerprint density at radius 2 is 1.67 bits per heavy atom. The first kappa shape index (κ1) is 14.5. The summed E-state index contributed by atoms with van der Waals surface area (Å²) in [6, 6.07) is 0. The summed E-state index contributed by atoms with van der Waals surface area (Å²) in [4.78, 5) is 9.10. The van der Waals surface area contributed by atoms with Gasteiger partial charge in [0.25, 0.3) is 0 Å². The van der Waals surface area contributed by atoms with Gasteiger partial charge in [-0.15, -0.1) is 0 Å². The fraction of sp³-hybridized carbons (Fsp3) is 0.875. The van der Waals surface area contributed by atoms with Crippen LogP contribution in [0.2, 0.25) is 0 Å². The van der Waals surface area contributed by atoms with E-state index in [2.05, 4.69) is 12.6 Å². The smallest absolute Gasteiger partial charge is 0.154 e. The molecule has 0 aromatic rings. The number of hydrogen-bond acceptors (Lipinski definition) is 4. The highest BCUT2D eigenvalue weighted by Crippen LogP contribution is 1.90. The summed E-state index contributed by atoms with van der Waals surface area (Å²) in [6.07, 6.45) is 0.702. The van der Waals surface area contributed by atoms with Gasteiger partial charge in [-0.25, -0.2) is 0 Å². The molecule has 3 nitrogen and oxygen atoms in total. The van der Waals surface area contributed by atoms with E-state index in [1.54, 1.807) is 0 Å². The molecule has 0 aliphatic carbocycles. The molecule has 0 saturated carbocycles. The molecule has 0 heterocycles. The van der Waals surface area contributed by atoms with Gasteiger partial charge in [0.15, 0.2) is 6.29 Å². The van der Waals surface area contributed by atoms with Gasteiger partial charge in [0.2, 0.25) is 0 Å². The van der Waals surface area contributed by atoms with Gasteiger partial charge in [-0.1, -0.05) is 0 Å². The lowest BCUT2D eigenvalue weighted by atomic mass is 10.7. The Balaban J connectivity index is 0. The maximum atomic E-state index is 9.10. The molecule has 4 heteroatoms. The topological polar surface area (TPSA) is 35.5 Å². The molecule has 0 aromatic carbocycles. The van der Waals surface area contributed by atoms with E-state index in [0.717, 1.165) is 19.5 Å². The Kier molecular flexibility index (Phi) is 16.3. The first-order valence-corrected chi connectivity index (χ1v) is 4.63. The fourth-order valence-corrected chi connectivity index (χ4v) is 0.518. The van der Waals surface area contributed by atoms with E-state index in [1.165, 1.54) is 0 Å². The molecule has 0 atom stereocenters. The molecule has 12 heavy (non-hydrogen) atoms. The third-order valence-electron chi connectivity index (χ3n) is 0.877. The first-order chi connectivity index (χ1) is 5.72. The minimum atomic E-state index is -0.0370. The molecular formula is C8H18O3S. The maximum Gasteiger partial charge on any atom is 0.154 e. The lowest BCUT2D eigenvalue weighted by Gasteiger charge is -2.09. The second-order valence-corrected chi connectivity index (χ2v) is 2.19. The zero-order valence-corrected chi connectivity index (χ0v) is 8.84. The minimum Gasteiger partial charge on any atom is -0.353 e. The van der Waals surface area contributed by atoms with Gasteiger partial charge in [0.1, 0.15) is 6.29 Å². The zero-order chi connectivity index (χ0) is 9.82. The highest BCUT2D eigenvalue weighted by molar-refractivity contribution is 7.80. The molecule has 0 aromatic heterocycles. The summed E-state index contributed by atoms with van der Waals surface area (Å²) in [5.41, 5.74) is 0. The predicted octanol–water partition coefficient (Wildman–Crippen LogP) is 1.52. The molecule has 0 radical (unpaired) electrons. The van der Waals surface area contributed by atoms with Gasteiger partial charge >= 0.3 is 0 Å². The van der Waals surface area contributed by atoms with Gasteiger partial charge < -0.3 is 14.3 Å². The number of carbonyl (C=O) groups excluding carboxylic acids is 1. The Labute approximate surface area is 79.8 Å². The summed E-state index contributed by atoms with van der Waals surface area (Å²) in [7, 11) is 0. The fourth-order valence-electron chi connectivity index (χ4n) is 0.518. The van der Waals surface area contributed by atoms with Crippen molar-refractivity contribution in [1.29, 1.82) is 0 Å². The van der Waals surface area contributed by atoms with Crippen LogP contribution in [0.3, 0.4) is 0 Å². The van der Waals surface area contributed by atoms with Crippen LogP contribution in [0.15, 0.2) is 0 Å². The summed E-state index contributed by atoms with van der Waals surface area (Å²) >= 11 is 3.55. The summed E-state index contributed by atoms with van der Waals surface area (Å²) < 4.78 is 10.1. The van der Waals surface area contributed by atoms with Crippen molar-refractivity contribution < 1.29 is 14.3 Å². The highest BCUT2D eigenvalue weighted by atomic mass is 32.1. The van der Waals surface area contributed by atoms with Crippen LogP contribution in [-0.4, -0.2) is 31.5 Å². The molecule has 0 N–H and O–H groups in total. The lowest BCUT2D eigenvalue weighted by Crippen LogP contribution is -2.11. The van der Waals surface area contributed by atoms with Crippen LogP contribution in [-0.2, 0) is 14.3 Å². The van der Waals surface area contributed by atoms with Crippen molar-refractivity contribution in [2.45, 2.75) is 27.1 Å². The van der Waals surface area contributed by atoms with Crippen LogP contribution >= 0.6 is 12.6 Å². The molecule has 0 unspecified atom stereocenters. The van der Waals surface area contributed by atoms with Crippen LogP contribution in [0.25, 0.3) is 0 Å². The Hall–Kier alpha value is -0.0600. The monoisotopic (exact) mass is 194 g/mol. The molecular weight excluding hydrogens is 176 g/mol. The largest absolute Gasteiger partial charge is 0.353 e. The molecule has 0 saturated heterocycles. The molecule has 0 spiro atoms. The van der Waals surface area contributed by atoms with Gasteiger partial charge in [0, 0.05) is 19.0 Å². The molecule has 0 fully saturated rings. The second-order valence-electron chi connectivity index (χ2n) is 1.83. The molecule has 0 amide bonds. The predicted molar refractivity (Wildman–Crippen MR) is 52.6 cm³/mol. The standard InChI is InChI=1S/C6H14O2.C2H4OS/c1-4-7-6(3)8-5-2;3-1-2-4/h6H,4-5H2,1-3H3;1,4H,2H2. The van der Waals surface area contributed by atoms with Crippen LogP contribution in [0.1, 0.15) is 20.8 Å². The third kappa shape index (κ3) is 16.5. The van der Waals surface area contributed by atoms with E-state index >= 15 is 0 Å². The summed E-state index contributed by atoms with van der Waals surface area (Å²) in [5.74, 6) is 0.333. The Morgan fingerprint density at radius 1 is 1.33 bits per heavy atom. The SMILES string of the molecule is CCOC(C)OCC.O=CCS. The van der Waals surface area contributed by atoms with Crippen molar-refractivity contribution in [2.24, 2.45) is 0 Å². The number of aldehydes is 1. The van der Waals surface area contributed by atoms with E-state index < -0.39 is 0 Å². The van der Waals surface area contributed by atoms with Crippen LogP contribution in [0.4, 0.5) is 0 Å². The van der Waals surface area contributed by atoms with Crippen molar-refractivity contribution >= 4 is 18.9 Å². The third-order valence-corrected chi connectivity index (χ3v) is 1.03. The number of ether oxygens (including phenoxy) is 2. The van der Waals surface area contributed by atoms with E-state index in [1.807, 2.05) is 20.8 Å². The number of hydrogen-bond donors (Lipinski definition) is 1. The summed E-state index contributed by atoms with van der Waals surface area (Å²) in [6.45, 7) is 7.25. The van der Waals surface area contributed by atoms with E-state index in [4.69, 9.17) is 14.3 Å². The van der Waals surface area contributed by atoms with Gasteiger partial charge in [-0.2, -0.15) is 12.6 Å². The Bertz CT molecular complexity index is 82.4. The summed E-state index contributed by atoms with van der Waals surface area (Å²) in [5, 5.41) is 0. The van der Waals surface area contributed by atoms with E-state index in [0.29, 0.717) is 5.75 Å². The quantitative estimate of drug-likeness (QED) is 0.409. The van der Waals surface area contributed by atoms with Gasteiger partial charge in [-0.3, -0.25) is 0 Å². The molecule has 74 valence electrons. The number of carbonyl (C=O) groups is 1. The average molecular weight is 194 g/mol. The minimum absolute atomic E-state index is 0.0370. The van der Waals surface area contributed by atoms with Crippen molar-refractivity contribution in [2.75, 3.05) is 19.0 Å². The Morgan fingerprint density at radius 3 is 1.83 bits per heavy atom.